The van der Waals surface area contributed by atoms with E-state index in [1.54, 1.807) is 12.4 Å². The Labute approximate surface area is 151 Å². The highest BCUT2D eigenvalue weighted by molar-refractivity contribution is 5.52. The third-order valence-electron chi connectivity index (χ3n) is 5.06. The number of likely N-dealkylation sites (tertiary alicyclic amines) is 1. The SMILES string of the molecule is c1cc(-c2noc(CC3CN(Cc4ccc5c(c4)CCO5)C3)n2)ccn1. The second kappa shape index (κ2) is 6.53. The van der Waals surface area contributed by atoms with E-state index in [4.69, 9.17) is 9.26 Å². The van der Waals surface area contributed by atoms with E-state index in [0.29, 0.717) is 11.7 Å². The Morgan fingerprint density at radius 3 is 2.88 bits per heavy atom. The van der Waals surface area contributed by atoms with Crippen LogP contribution in [0, 0.1) is 5.92 Å². The van der Waals surface area contributed by atoms with E-state index < -0.39 is 0 Å². The predicted molar refractivity (Wildman–Crippen MR) is 95.6 cm³/mol. The van der Waals surface area contributed by atoms with Crippen LogP contribution in [0.1, 0.15) is 17.0 Å². The standard InChI is InChI=1S/C20H20N4O2/c1-2-18-17(5-8-25-18)9-14(1)11-24-12-15(13-24)10-19-22-20(23-26-19)16-3-6-21-7-4-16/h1-4,6-7,9,15H,5,8,10-13H2. The Bertz CT molecular complexity index is 903. The number of hydrogen-bond acceptors (Lipinski definition) is 6. The van der Waals surface area contributed by atoms with Gasteiger partial charge in [0.2, 0.25) is 11.7 Å². The normalized spacial score (nSPS) is 16.9. The van der Waals surface area contributed by atoms with E-state index in [2.05, 4.69) is 38.2 Å². The molecular formula is C20H20N4O2. The lowest BCUT2D eigenvalue weighted by molar-refractivity contribution is 0.0866. The molecular weight excluding hydrogens is 328 g/mol. The highest BCUT2D eigenvalue weighted by atomic mass is 16.5. The lowest BCUT2D eigenvalue weighted by atomic mass is 9.95. The van der Waals surface area contributed by atoms with Crippen molar-refractivity contribution >= 4 is 0 Å². The Hall–Kier alpha value is -2.73. The number of ether oxygens (including phenoxy) is 1. The van der Waals surface area contributed by atoms with Crippen LogP contribution in [-0.2, 0) is 19.4 Å². The average Bonchev–Trinajstić information content (AvgIpc) is 3.29. The number of hydrogen-bond donors (Lipinski definition) is 0. The summed E-state index contributed by atoms with van der Waals surface area (Å²) in [5, 5.41) is 4.08. The summed E-state index contributed by atoms with van der Waals surface area (Å²) < 4.78 is 11.0. The average molecular weight is 348 g/mol. The maximum Gasteiger partial charge on any atom is 0.227 e. The molecule has 1 aromatic carbocycles. The van der Waals surface area contributed by atoms with Gasteiger partial charge in [0.25, 0.3) is 0 Å². The van der Waals surface area contributed by atoms with Crippen LogP contribution >= 0.6 is 0 Å². The van der Waals surface area contributed by atoms with Crippen LogP contribution in [0.15, 0.2) is 47.2 Å². The van der Waals surface area contributed by atoms with Gasteiger partial charge in [0.05, 0.1) is 6.61 Å². The fraction of sp³-hybridized carbons (Fsp3) is 0.350. The molecule has 0 saturated carbocycles. The number of fused-ring (bicyclic) bond motifs is 1. The van der Waals surface area contributed by atoms with Gasteiger partial charge in [-0.3, -0.25) is 9.88 Å². The molecule has 4 heterocycles. The first-order valence-electron chi connectivity index (χ1n) is 9.03. The third-order valence-corrected chi connectivity index (χ3v) is 5.06. The van der Waals surface area contributed by atoms with E-state index >= 15 is 0 Å². The molecule has 5 rings (SSSR count). The van der Waals surface area contributed by atoms with Crippen LogP contribution in [-0.4, -0.2) is 39.7 Å². The monoisotopic (exact) mass is 348 g/mol. The molecule has 0 N–H and O–H groups in total. The lowest BCUT2D eigenvalue weighted by Gasteiger charge is -2.38. The first-order valence-corrected chi connectivity index (χ1v) is 9.03. The molecule has 0 aliphatic carbocycles. The molecule has 0 spiro atoms. The van der Waals surface area contributed by atoms with Crippen molar-refractivity contribution in [3.8, 4) is 17.1 Å². The summed E-state index contributed by atoms with van der Waals surface area (Å²) in [6, 6.07) is 10.3. The minimum atomic E-state index is 0.582. The summed E-state index contributed by atoms with van der Waals surface area (Å²) in [5.41, 5.74) is 3.64. The van der Waals surface area contributed by atoms with Gasteiger partial charge < -0.3 is 9.26 Å². The number of nitrogens with zero attached hydrogens (tertiary/aromatic N) is 4. The number of rotatable bonds is 5. The van der Waals surface area contributed by atoms with Gasteiger partial charge in [-0.2, -0.15) is 4.98 Å². The largest absolute Gasteiger partial charge is 0.493 e. The Balaban J connectivity index is 1.15. The molecule has 3 aromatic rings. The minimum Gasteiger partial charge on any atom is -0.493 e. The fourth-order valence-electron chi connectivity index (χ4n) is 3.73. The summed E-state index contributed by atoms with van der Waals surface area (Å²) >= 11 is 0. The molecule has 1 fully saturated rings. The van der Waals surface area contributed by atoms with Crippen LogP contribution in [0.5, 0.6) is 5.75 Å². The Morgan fingerprint density at radius 1 is 1.12 bits per heavy atom. The van der Waals surface area contributed by atoms with Gasteiger partial charge >= 0.3 is 0 Å². The van der Waals surface area contributed by atoms with Gasteiger partial charge in [-0.05, 0) is 35.2 Å². The number of aromatic nitrogens is 3. The van der Waals surface area contributed by atoms with Gasteiger partial charge in [-0.15, -0.1) is 0 Å². The predicted octanol–water partition coefficient (Wildman–Crippen LogP) is 2.74. The summed E-state index contributed by atoms with van der Waals surface area (Å²) in [4.78, 5) is 11.0. The first kappa shape index (κ1) is 15.5. The number of benzene rings is 1. The second-order valence-corrected chi connectivity index (χ2v) is 7.05. The topological polar surface area (TPSA) is 64.3 Å². The Kier molecular flexibility index (Phi) is 3.90. The van der Waals surface area contributed by atoms with Crippen molar-refractivity contribution in [2.24, 2.45) is 5.92 Å². The van der Waals surface area contributed by atoms with E-state index in [1.165, 1.54) is 11.1 Å². The second-order valence-electron chi connectivity index (χ2n) is 7.05. The highest BCUT2D eigenvalue weighted by Gasteiger charge is 2.29. The molecule has 0 amide bonds. The van der Waals surface area contributed by atoms with Crippen molar-refractivity contribution in [2.75, 3.05) is 19.7 Å². The molecule has 2 aromatic heterocycles. The van der Waals surface area contributed by atoms with Crippen molar-refractivity contribution < 1.29 is 9.26 Å². The molecule has 0 radical (unpaired) electrons. The van der Waals surface area contributed by atoms with Gasteiger partial charge in [-0.1, -0.05) is 17.3 Å². The van der Waals surface area contributed by atoms with Crippen molar-refractivity contribution in [1.82, 2.24) is 20.0 Å². The van der Waals surface area contributed by atoms with E-state index in [0.717, 1.165) is 56.3 Å². The van der Waals surface area contributed by atoms with Gasteiger partial charge in [-0.25, -0.2) is 0 Å². The van der Waals surface area contributed by atoms with E-state index in [1.807, 2.05) is 12.1 Å². The van der Waals surface area contributed by atoms with Gasteiger partial charge in [0, 0.05) is 50.4 Å². The first-order chi connectivity index (χ1) is 12.8. The molecule has 6 nitrogen and oxygen atoms in total. The van der Waals surface area contributed by atoms with Crippen molar-refractivity contribution in [3.05, 3.63) is 59.7 Å². The minimum absolute atomic E-state index is 0.582. The van der Waals surface area contributed by atoms with Gasteiger partial charge in [0.1, 0.15) is 5.75 Å². The number of pyridine rings is 1. The molecule has 1 saturated heterocycles. The zero-order chi connectivity index (χ0) is 17.3. The van der Waals surface area contributed by atoms with E-state index in [9.17, 15) is 0 Å². The fourth-order valence-corrected chi connectivity index (χ4v) is 3.73. The Morgan fingerprint density at radius 2 is 2.00 bits per heavy atom. The van der Waals surface area contributed by atoms with Gasteiger partial charge in [0.15, 0.2) is 0 Å². The zero-order valence-corrected chi connectivity index (χ0v) is 14.5. The molecule has 132 valence electrons. The third kappa shape index (κ3) is 3.08. The summed E-state index contributed by atoms with van der Waals surface area (Å²) in [7, 11) is 0. The van der Waals surface area contributed by atoms with Crippen molar-refractivity contribution in [1.29, 1.82) is 0 Å². The molecule has 6 heteroatoms. The van der Waals surface area contributed by atoms with Crippen molar-refractivity contribution in [2.45, 2.75) is 19.4 Å². The van der Waals surface area contributed by atoms with Crippen molar-refractivity contribution in [3.63, 3.8) is 0 Å². The molecule has 2 aliphatic rings. The zero-order valence-electron chi connectivity index (χ0n) is 14.5. The summed E-state index contributed by atoms with van der Waals surface area (Å²) in [5.74, 6) is 2.99. The molecule has 2 aliphatic heterocycles. The van der Waals surface area contributed by atoms with Crippen LogP contribution in [0.3, 0.4) is 0 Å². The molecule has 0 unspecified atom stereocenters. The molecule has 0 atom stereocenters. The maximum absolute atomic E-state index is 5.58. The van der Waals surface area contributed by atoms with Crippen LogP contribution < -0.4 is 4.74 Å². The van der Waals surface area contributed by atoms with Crippen LogP contribution in [0.4, 0.5) is 0 Å². The van der Waals surface area contributed by atoms with E-state index in [-0.39, 0.29) is 0 Å². The van der Waals surface area contributed by atoms with Crippen LogP contribution in [0.25, 0.3) is 11.4 Å². The summed E-state index contributed by atoms with van der Waals surface area (Å²) in [6.45, 7) is 3.95. The maximum atomic E-state index is 5.58. The lowest BCUT2D eigenvalue weighted by Crippen LogP contribution is -2.46. The van der Waals surface area contributed by atoms with Crippen LogP contribution in [0.2, 0.25) is 0 Å². The highest BCUT2D eigenvalue weighted by Crippen LogP contribution is 2.28. The molecule has 26 heavy (non-hydrogen) atoms. The quantitative estimate of drug-likeness (QED) is 0.706. The smallest absolute Gasteiger partial charge is 0.227 e. The summed E-state index contributed by atoms with van der Waals surface area (Å²) in [6.07, 6.45) is 5.34. The molecule has 0 bridgehead atoms.